The summed E-state index contributed by atoms with van der Waals surface area (Å²) in [6.07, 6.45) is 0. The van der Waals surface area contributed by atoms with E-state index in [-0.39, 0.29) is 18.0 Å². The van der Waals surface area contributed by atoms with Crippen LogP contribution in [0.15, 0.2) is 59.5 Å². The van der Waals surface area contributed by atoms with Gasteiger partial charge in [-0.15, -0.1) is 0 Å². The summed E-state index contributed by atoms with van der Waals surface area (Å²) in [5, 5.41) is 4.80. The van der Waals surface area contributed by atoms with Gasteiger partial charge in [0.2, 0.25) is 0 Å². The maximum atomic E-state index is 12.3. The van der Waals surface area contributed by atoms with E-state index in [1.807, 2.05) is 42.6 Å². The number of rotatable bonds is 7. The summed E-state index contributed by atoms with van der Waals surface area (Å²) in [7, 11) is 0. The minimum Gasteiger partial charge on any atom is -0.330 e. The summed E-state index contributed by atoms with van der Waals surface area (Å²) >= 11 is 0.486. The van der Waals surface area contributed by atoms with Crippen molar-refractivity contribution < 1.29 is 18.9 Å². The molecule has 0 fully saturated rings. The third kappa shape index (κ3) is 5.62. The van der Waals surface area contributed by atoms with Crippen molar-refractivity contribution in [1.29, 1.82) is 0 Å². The predicted octanol–water partition coefficient (Wildman–Crippen LogP) is 3.65. The van der Waals surface area contributed by atoms with Crippen LogP contribution in [-0.4, -0.2) is 17.7 Å². The molecule has 0 aliphatic carbocycles. The molecule has 0 saturated heterocycles. The first-order chi connectivity index (χ1) is 11.5. The lowest BCUT2D eigenvalue weighted by Crippen LogP contribution is -2.91. The lowest BCUT2D eigenvalue weighted by Gasteiger charge is -2.17. The van der Waals surface area contributed by atoms with Gasteiger partial charge in [0.25, 0.3) is 11.7 Å². The minimum atomic E-state index is -2.44. The lowest BCUT2D eigenvalue weighted by molar-refractivity contribution is -0.709. The summed E-state index contributed by atoms with van der Waals surface area (Å²) in [6.45, 7) is 3.89. The number of hydrogen-bond acceptors (Lipinski definition) is 2. The molecule has 0 aromatic heterocycles. The fraction of sp³-hybridized carbons (Fsp3) is 0.278. The summed E-state index contributed by atoms with van der Waals surface area (Å²) in [6, 6.07) is 16.3. The molecule has 2 aromatic rings. The maximum absolute atomic E-state index is 12.3. The Balaban J connectivity index is 1.89. The van der Waals surface area contributed by atoms with E-state index in [4.69, 9.17) is 0 Å². The highest BCUT2D eigenvalue weighted by Gasteiger charge is 2.20. The highest BCUT2D eigenvalue weighted by Crippen LogP contribution is 2.26. The second-order valence-corrected chi connectivity index (χ2v) is 6.64. The minimum absolute atomic E-state index is 0.118. The van der Waals surface area contributed by atoms with Crippen LogP contribution in [0.25, 0.3) is 0 Å². The SMILES string of the molecule is C[C@H]([NH2+][C@H](C)c1ccccc1)C(=O)Nc1ccc(SC(F)F)cc1. The lowest BCUT2D eigenvalue weighted by atomic mass is 10.1. The van der Waals surface area contributed by atoms with Crippen LogP contribution in [0, 0.1) is 0 Å². The van der Waals surface area contributed by atoms with E-state index in [0.717, 1.165) is 5.56 Å². The fourth-order valence-electron chi connectivity index (χ4n) is 2.36. The third-order valence-electron chi connectivity index (χ3n) is 3.66. The van der Waals surface area contributed by atoms with Crippen LogP contribution in [0.5, 0.6) is 0 Å². The van der Waals surface area contributed by atoms with E-state index in [2.05, 4.69) is 12.2 Å². The maximum Gasteiger partial charge on any atom is 0.288 e. The Morgan fingerprint density at radius 2 is 1.67 bits per heavy atom. The highest BCUT2D eigenvalue weighted by atomic mass is 32.2. The number of carbonyl (C=O) groups is 1. The molecule has 24 heavy (non-hydrogen) atoms. The Morgan fingerprint density at radius 3 is 2.25 bits per heavy atom. The van der Waals surface area contributed by atoms with Crippen LogP contribution < -0.4 is 10.6 Å². The van der Waals surface area contributed by atoms with Gasteiger partial charge < -0.3 is 10.6 Å². The number of benzene rings is 2. The zero-order chi connectivity index (χ0) is 17.5. The quantitative estimate of drug-likeness (QED) is 0.748. The van der Waals surface area contributed by atoms with Crippen molar-refractivity contribution in [2.24, 2.45) is 0 Å². The highest BCUT2D eigenvalue weighted by molar-refractivity contribution is 7.99. The first-order valence-electron chi connectivity index (χ1n) is 7.71. The number of alkyl halides is 2. The molecule has 0 unspecified atom stereocenters. The number of hydrogen-bond donors (Lipinski definition) is 2. The van der Waals surface area contributed by atoms with E-state index in [1.54, 1.807) is 24.3 Å². The topological polar surface area (TPSA) is 45.7 Å². The van der Waals surface area contributed by atoms with Crippen LogP contribution in [0.2, 0.25) is 0 Å². The Kier molecular flexibility index (Phi) is 6.75. The Hall–Kier alpha value is -1.92. The molecule has 3 nitrogen and oxygen atoms in total. The molecular formula is C18H21F2N2OS+. The van der Waals surface area contributed by atoms with E-state index in [0.29, 0.717) is 22.3 Å². The van der Waals surface area contributed by atoms with Gasteiger partial charge in [0.1, 0.15) is 6.04 Å². The van der Waals surface area contributed by atoms with E-state index in [9.17, 15) is 13.6 Å². The number of nitrogens with one attached hydrogen (secondary N) is 1. The van der Waals surface area contributed by atoms with Crippen molar-refractivity contribution in [3.8, 4) is 0 Å². The van der Waals surface area contributed by atoms with Gasteiger partial charge in [-0.2, -0.15) is 8.78 Å². The number of thioether (sulfide) groups is 1. The van der Waals surface area contributed by atoms with Crippen molar-refractivity contribution in [1.82, 2.24) is 0 Å². The van der Waals surface area contributed by atoms with E-state index < -0.39 is 5.76 Å². The van der Waals surface area contributed by atoms with Gasteiger partial charge in [0.15, 0.2) is 6.04 Å². The molecule has 0 spiro atoms. The van der Waals surface area contributed by atoms with Gasteiger partial charge in [-0.3, -0.25) is 4.79 Å². The van der Waals surface area contributed by atoms with Gasteiger partial charge in [-0.05, 0) is 38.1 Å². The molecule has 0 aliphatic rings. The summed E-state index contributed by atoms with van der Waals surface area (Å²) in [4.78, 5) is 12.7. The molecule has 1 amide bonds. The Bertz CT molecular complexity index is 650. The van der Waals surface area contributed by atoms with Crippen molar-refractivity contribution in [2.75, 3.05) is 5.32 Å². The molecule has 2 aromatic carbocycles. The molecule has 128 valence electrons. The Morgan fingerprint density at radius 1 is 1.04 bits per heavy atom. The van der Waals surface area contributed by atoms with Crippen LogP contribution in [0.3, 0.4) is 0 Å². The normalized spacial score (nSPS) is 13.5. The van der Waals surface area contributed by atoms with Crippen molar-refractivity contribution in [3.05, 3.63) is 60.2 Å². The number of carbonyl (C=O) groups excluding carboxylic acids is 1. The standard InChI is InChI=1S/C18H20F2N2OS/c1-12(14-6-4-3-5-7-14)21-13(2)17(23)22-15-8-10-16(11-9-15)24-18(19)20/h3-13,18,21H,1-2H3,(H,22,23)/p+1/t12-,13+/m1/s1. The third-order valence-corrected chi connectivity index (χ3v) is 4.39. The molecule has 0 saturated carbocycles. The average Bonchev–Trinajstić information content (AvgIpc) is 2.56. The molecule has 2 rings (SSSR count). The van der Waals surface area contributed by atoms with Gasteiger partial charge in [0.05, 0.1) is 0 Å². The van der Waals surface area contributed by atoms with Crippen molar-refractivity contribution in [2.45, 2.75) is 36.6 Å². The summed E-state index contributed by atoms with van der Waals surface area (Å²) < 4.78 is 24.6. The second-order valence-electron chi connectivity index (χ2n) is 5.57. The molecular weight excluding hydrogens is 330 g/mol. The second kappa shape index (κ2) is 8.80. The van der Waals surface area contributed by atoms with Crippen LogP contribution >= 0.6 is 11.8 Å². The van der Waals surface area contributed by atoms with Crippen molar-refractivity contribution >= 4 is 23.4 Å². The molecule has 0 aliphatic heterocycles. The van der Waals surface area contributed by atoms with Crippen LogP contribution in [0.1, 0.15) is 25.5 Å². The van der Waals surface area contributed by atoms with E-state index in [1.165, 1.54) is 0 Å². The summed E-state index contributed by atoms with van der Waals surface area (Å²) in [5.74, 6) is -2.56. The first-order valence-corrected chi connectivity index (χ1v) is 8.59. The number of anilines is 1. The predicted molar refractivity (Wildman–Crippen MR) is 93.2 cm³/mol. The fourth-order valence-corrected chi connectivity index (χ4v) is 2.86. The Labute approximate surface area is 144 Å². The van der Waals surface area contributed by atoms with E-state index >= 15 is 0 Å². The van der Waals surface area contributed by atoms with Gasteiger partial charge in [0, 0.05) is 16.1 Å². The molecule has 0 radical (unpaired) electrons. The zero-order valence-electron chi connectivity index (χ0n) is 13.6. The molecule has 3 N–H and O–H groups in total. The molecule has 0 bridgehead atoms. The number of halogens is 2. The number of nitrogens with two attached hydrogens (primary N) is 1. The first kappa shape index (κ1) is 18.4. The molecule has 6 heteroatoms. The van der Waals surface area contributed by atoms with Crippen molar-refractivity contribution in [3.63, 3.8) is 0 Å². The smallest absolute Gasteiger partial charge is 0.288 e. The number of amides is 1. The van der Waals surface area contributed by atoms with Gasteiger partial charge in [-0.25, -0.2) is 0 Å². The van der Waals surface area contributed by atoms with Crippen LogP contribution in [0.4, 0.5) is 14.5 Å². The molecule has 0 heterocycles. The average molecular weight is 351 g/mol. The number of quaternary nitrogens is 1. The molecule has 2 atom stereocenters. The largest absolute Gasteiger partial charge is 0.330 e. The van der Waals surface area contributed by atoms with Gasteiger partial charge >= 0.3 is 0 Å². The zero-order valence-corrected chi connectivity index (χ0v) is 14.4. The monoisotopic (exact) mass is 351 g/mol. The summed E-state index contributed by atoms with van der Waals surface area (Å²) in [5.41, 5.74) is 1.76. The van der Waals surface area contributed by atoms with Crippen LogP contribution in [-0.2, 0) is 4.79 Å². The van der Waals surface area contributed by atoms with Gasteiger partial charge in [-0.1, -0.05) is 42.1 Å².